The Hall–Kier alpha value is -4.79. The van der Waals surface area contributed by atoms with Crippen LogP contribution < -0.4 is 15.6 Å². The van der Waals surface area contributed by atoms with Gasteiger partial charge in [-0.05, 0) is 97.0 Å². The van der Waals surface area contributed by atoms with Crippen molar-refractivity contribution in [2.45, 2.75) is 51.3 Å². The van der Waals surface area contributed by atoms with Crippen LogP contribution in [0.25, 0.3) is 22.2 Å². The SMILES string of the molecule is O=C(NCc1cc(OC2CCCCC2)cc(-c2c[nH]c3ncccc23)c1)c1cccn(Cc2ccc(F)c(F)c2)c1=O. The second-order valence-corrected chi connectivity index (χ2v) is 10.6. The quantitative estimate of drug-likeness (QED) is 0.228. The zero-order valence-corrected chi connectivity index (χ0v) is 22.9. The number of hydrogen-bond donors (Lipinski definition) is 2. The molecule has 1 saturated carbocycles. The number of carbonyl (C=O) groups is 1. The molecule has 1 fully saturated rings. The number of hydrogen-bond acceptors (Lipinski definition) is 4. The van der Waals surface area contributed by atoms with Crippen LogP contribution in [0.3, 0.4) is 0 Å². The minimum Gasteiger partial charge on any atom is -0.490 e. The van der Waals surface area contributed by atoms with Gasteiger partial charge in [0.2, 0.25) is 0 Å². The molecule has 2 aromatic carbocycles. The van der Waals surface area contributed by atoms with E-state index in [1.165, 1.54) is 29.3 Å². The highest BCUT2D eigenvalue weighted by Gasteiger charge is 2.18. The summed E-state index contributed by atoms with van der Waals surface area (Å²) >= 11 is 0. The molecule has 0 bridgehead atoms. The molecule has 0 radical (unpaired) electrons. The Bertz CT molecular complexity index is 1810. The molecule has 0 atom stereocenters. The first kappa shape index (κ1) is 27.4. The number of amides is 1. The number of H-pyrrole nitrogens is 1. The lowest BCUT2D eigenvalue weighted by molar-refractivity contribution is 0.0948. The largest absolute Gasteiger partial charge is 0.490 e. The van der Waals surface area contributed by atoms with Crippen LogP contribution in [-0.4, -0.2) is 26.5 Å². The molecule has 0 saturated heterocycles. The Kier molecular flexibility index (Phi) is 7.81. The fourth-order valence-corrected chi connectivity index (χ4v) is 5.50. The zero-order chi connectivity index (χ0) is 29.1. The van der Waals surface area contributed by atoms with Crippen molar-refractivity contribution in [2.24, 2.45) is 0 Å². The van der Waals surface area contributed by atoms with E-state index < -0.39 is 23.1 Å². The summed E-state index contributed by atoms with van der Waals surface area (Å²) in [6.45, 7) is 0.173. The standard InChI is InChI=1S/C33H30F2N4O3/c34-29-11-10-21(16-30(29)35)20-39-13-5-9-27(33(39)41)32(40)38-18-22-14-23(28-19-37-31-26(28)8-4-12-36-31)17-25(15-22)42-24-6-2-1-3-7-24/h4-5,8-17,19,24H,1-3,6-7,18,20H2,(H,36,37)(H,38,40). The Morgan fingerprint density at radius 3 is 2.69 bits per heavy atom. The molecule has 42 heavy (non-hydrogen) atoms. The van der Waals surface area contributed by atoms with E-state index in [9.17, 15) is 18.4 Å². The summed E-state index contributed by atoms with van der Waals surface area (Å²) in [5.74, 6) is -1.75. The monoisotopic (exact) mass is 568 g/mol. The average Bonchev–Trinajstić information content (AvgIpc) is 3.44. The van der Waals surface area contributed by atoms with Crippen molar-refractivity contribution >= 4 is 16.9 Å². The van der Waals surface area contributed by atoms with E-state index in [1.54, 1.807) is 12.3 Å². The van der Waals surface area contributed by atoms with Crippen LogP contribution in [0, 0.1) is 11.6 Å². The van der Waals surface area contributed by atoms with Gasteiger partial charge in [0, 0.05) is 36.1 Å². The van der Waals surface area contributed by atoms with Gasteiger partial charge < -0.3 is 19.6 Å². The summed E-state index contributed by atoms with van der Waals surface area (Å²) in [7, 11) is 0. The lowest BCUT2D eigenvalue weighted by Crippen LogP contribution is -2.32. The summed E-state index contributed by atoms with van der Waals surface area (Å²) in [6, 6.07) is 16.3. The molecule has 0 aliphatic heterocycles. The highest BCUT2D eigenvalue weighted by Crippen LogP contribution is 2.33. The predicted octanol–water partition coefficient (Wildman–Crippen LogP) is 6.36. The Morgan fingerprint density at radius 1 is 1.00 bits per heavy atom. The van der Waals surface area contributed by atoms with Crippen molar-refractivity contribution in [1.82, 2.24) is 19.9 Å². The molecule has 9 heteroatoms. The van der Waals surface area contributed by atoms with E-state index in [0.29, 0.717) is 5.56 Å². The van der Waals surface area contributed by atoms with Gasteiger partial charge in [0.15, 0.2) is 11.6 Å². The lowest BCUT2D eigenvalue weighted by atomic mass is 9.97. The number of halogens is 2. The molecule has 3 heterocycles. The van der Waals surface area contributed by atoms with E-state index in [2.05, 4.69) is 15.3 Å². The third-order valence-corrected chi connectivity index (χ3v) is 7.64. The number of carbonyl (C=O) groups excluding carboxylic acids is 1. The third kappa shape index (κ3) is 5.95. The first-order valence-corrected chi connectivity index (χ1v) is 14.1. The molecule has 1 aliphatic carbocycles. The van der Waals surface area contributed by atoms with Gasteiger partial charge in [-0.15, -0.1) is 0 Å². The molecular weight excluding hydrogens is 538 g/mol. The zero-order valence-electron chi connectivity index (χ0n) is 22.9. The first-order chi connectivity index (χ1) is 20.4. The van der Waals surface area contributed by atoms with Gasteiger partial charge in [-0.25, -0.2) is 13.8 Å². The van der Waals surface area contributed by atoms with E-state index in [0.717, 1.165) is 71.3 Å². The smallest absolute Gasteiger partial charge is 0.263 e. The average molecular weight is 569 g/mol. The maximum Gasteiger partial charge on any atom is 0.263 e. The fourth-order valence-electron chi connectivity index (χ4n) is 5.50. The van der Waals surface area contributed by atoms with Crippen LogP contribution in [0.2, 0.25) is 0 Å². The Balaban J connectivity index is 1.24. The Morgan fingerprint density at radius 2 is 1.86 bits per heavy atom. The molecule has 1 aliphatic rings. The molecular formula is C33H30F2N4O3. The summed E-state index contributed by atoms with van der Waals surface area (Å²) in [5, 5.41) is 3.85. The second-order valence-electron chi connectivity index (χ2n) is 10.6. The number of aromatic nitrogens is 3. The van der Waals surface area contributed by atoms with Gasteiger partial charge in [-0.3, -0.25) is 9.59 Å². The number of aromatic amines is 1. The normalized spacial score (nSPS) is 13.8. The maximum absolute atomic E-state index is 13.7. The van der Waals surface area contributed by atoms with Gasteiger partial charge in [0.25, 0.3) is 11.5 Å². The number of benzene rings is 2. The lowest BCUT2D eigenvalue weighted by Gasteiger charge is -2.23. The van der Waals surface area contributed by atoms with E-state index >= 15 is 0 Å². The molecule has 6 rings (SSSR count). The van der Waals surface area contributed by atoms with Crippen molar-refractivity contribution in [1.29, 1.82) is 0 Å². The number of pyridine rings is 2. The highest BCUT2D eigenvalue weighted by atomic mass is 19.2. The van der Waals surface area contributed by atoms with Crippen molar-refractivity contribution in [3.8, 4) is 16.9 Å². The molecule has 5 aromatic rings. The third-order valence-electron chi connectivity index (χ3n) is 7.64. The van der Waals surface area contributed by atoms with Crippen LogP contribution in [0.5, 0.6) is 5.75 Å². The number of nitrogens with zero attached hydrogens (tertiary/aromatic N) is 2. The van der Waals surface area contributed by atoms with Crippen LogP contribution >= 0.6 is 0 Å². The molecule has 3 aromatic heterocycles. The van der Waals surface area contributed by atoms with E-state index in [1.807, 2.05) is 36.5 Å². The minimum atomic E-state index is -0.993. The summed E-state index contributed by atoms with van der Waals surface area (Å²) < 4.78 is 34.7. The van der Waals surface area contributed by atoms with Gasteiger partial charge in [0.05, 0.1) is 12.6 Å². The maximum atomic E-state index is 13.7. The van der Waals surface area contributed by atoms with Crippen LogP contribution in [-0.2, 0) is 13.1 Å². The Labute approximate surface area is 241 Å². The fraction of sp³-hybridized carbons (Fsp3) is 0.242. The van der Waals surface area contributed by atoms with Crippen LogP contribution in [0.4, 0.5) is 8.78 Å². The molecule has 7 nitrogen and oxygen atoms in total. The second kappa shape index (κ2) is 12.0. The molecule has 0 unspecified atom stereocenters. The van der Waals surface area contributed by atoms with Gasteiger partial charge >= 0.3 is 0 Å². The van der Waals surface area contributed by atoms with Crippen molar-refractivity contribution in [3.05, 3.63) is 118 Å². The van der Waals surface area contributed by atoms with Gasteiger partial charge in [-0.1, -0.05) is 12.5 Å². The summed E-state index contributed by atoms with van der Waals surface area (Å²) in [4.78, 5) is 33.9. The number of rotatable bonds is 8. The van der Waals surface area contributed by atoms with Crippen LogP contribution in [0.1, 0.15) is 53.6 Å². The first-order valence-electron chi connectivity index (χ1n) is 14.1. The van der Waals surface area contributed by atoms with Gasteiger partial charge in [-0.2, -0.15) is 0 Å². The van der Waals surface area contributed by atoms with Gasteiger partial charge in [0.1, 0.15) is 17.0 Å². The van der Waals surface area contributed by atoms with Crippen LogP contribution in [0.15, 0.2) is 84.0 Å². The molecule has 2 N–H and O–H groups in total. The summed E-state index contributed by atoms with van der Waals surface area (Å²) in [5.41, 5.74) is 3.35. The van der Waals surface area contributed by atoms with Crippen molar-refractivity contribution in [3.63, 3.8) is 0 Å². The van der Waals surface area contributed by atoms with Crippen molar-refractivity contribution < 1.29 is 18.3 Å². The minimum absolute atomic E-state index is 0.000538. The van der Waals surface area contributed by atoms with Crippen molar-refractivity contribution in [2.75, 3.05) is 0 Å². The summed E-state index contributed by atoms with van der Waals surface area (Å²) in [6.07, 6.45) is 10.9. The number of nitrogens with one attached hydrogen (secondary N) is 2. The number of ether oxygens (including phenoxy) is 1. The van der Waals surface area contributed by atoms with E-state index in [4.69, 9.17) is 4.74 Å². The van der Waals surface area contributed by atoms with E-state index in [-0.39, 0.29) is 24.8 Å². The highest BCUT2D eigenvalue weighted by molar-refractivity contribution is 5.94. The molecule has 1 amide bonds. The topological polar surface area (TPSA) is 89.0 Å². The molecule has 214 valence electrons. The predicted molar refractivity (Wildman–Crippen MR) is 156 cm³/mol. The molecule has 0 spiro atoms. The number of fused-ring (bicyclic) bond motifs is 1.